The van der Waals surface area contributed by atoms with E-state index in [1.807, 2.05) is 6.92 Å². The third-order valence-electron chi connectivity index (χ3n) is 2.65. The molecule has 0 saturated carbocycles. The minimum atomic E-state index is -3.63. The molecule has 0 fully saturated rings. The molecule has 2 rings (SSSR count). The van der Waals surface area contributed by atoms with Crippen LogP contribution in [0.5, 0.6) is 11.5 Å². The summed E-state index contributed by atoms with van der Waals surface area (Å²) in [6.45, 7) is 2.31. The van der Waals surface area contributed by atoms with E-state index < -0.39 is 10.0 Å². The van der Waals surface area contributed by atoms with Crippen LogP contribution in [0.15, 0.2) is 45.0 Å². The second kappa shape index (κ2) is 7.28. The van der Waals surface area contributed by atoms with E-state index in [1.165, 1.54) is 19.4 Å². The average molecular weight is 340 g/mol. The predicted octanol–water partition coefficient (Wildman–Crippen LogP) is 2.47. The molecule has 1 N–H and O–H groups in total. The molecule has 1 aromatic heterocycles. The van der Waals surface area contributed by atoms with Crippen LogP contribution in [0.2, 0.25) is 0 Å². The quantitative estimate of drug-likeness (QED) is 0.620. The first kappa shape index (κ1) is 16.3. The summed E-state index contributed by atoms with van der Waals surface area (Å²) in [4.78, 5) is 2.17. The lowest BCUT2D eigenvalue weighted by Crippen LogP contribution is -2.17. The van der Waals surface area contributed by atoms with Gasteiger partial charge in [0.2, 0.25) is 0 Å². The van der Waals surface area contributed by atoms with Gasteiger partial charge >= 0.3 is 0 Å². The van der Waals surface area contributed by atoms with Gasteiger partial charge in [-0.2, -0.15) is 18.4 Å². The van der Waals surface area contributed by atoms with Gasteiger partial charge in [0.25, 0.3) is 10.0 Å². The smallest absolute Gasteiger partial charge is 0.286 e. The Bertz CT molecular complexity index is 740. The maximum Gasteiger partial charge on any atom is 0.286 e. The van der Waals surface area contributed by atoms with Gasteiger partial charge in [-0.05, 0) is 30.5 Å². The van der Waals surface area contributed by atoms with Gasteiger partial charge in [0, 0.05) is 5.56 Å². The highest BCUT2D eigenvalue weighted by Gasteiger charge is 2.13. The Kier molecular flexibility index (Phi) is 5.40. The highest BCUT2D eigenvalue weighted by molar-refractivity contribution is 7.91. The zero-order chi connectivity index (χ0) is 16.0. The maximum absolute atomic E-state index is 11.9. The number of hydrazone groups is 1. The Morgan fingerprint density at radius 1 is 1.32 bits per heavy atom. The van der Waals surface area contributed by atoms with Crippen molar-refractivity contribution in [2.24, 2.45) is 5.10 Å². The maximum atomic E-state index is 11.9. The Hall–Kier alpha value is -2.06. The number of ether oxygens (including phenoxy) is 2. The molecule has 0 spiro atoms. The number of nitrogens with one attached hydrogen (secondary N) is 1. The Morgan fingerprint density at radius 2 is 2.14 bits per heavy atom. The van der Waals surface area contributed by atoms with E-state index >= 15 is 0 Å². The molecule has 0 radical (unpaired) electrons. The van der Waals surface area contributed by atoms with Gasteiger partial charge in [-0.15, -0.1) is 11.3 Å². The van der Waals surface area contributed by atoms with E-state index in [1.54, 1.807) is 29.6 Å². The monoisotopic (exact) mass is 340 g/mol. The van der Waals surface area contributed by atoms with Crippen LogP contribution in [-0.4, -0.2) is 28.3 Å². The van der Waals surface area contributed by atoms with Crippen LogP contribution >= 0.6 is 11.3 Å². The molecule has 0 saturated heterocycles. The zero-order valence-corrected chi connectivity index (χ0v) is 13.8. The van der Waals surface area contributed by atoms with Crippen molar-refractivity contribution in [1.82, 2.24) is 4.83 Å². The molecule has 8 heteroatoms. The molecule has 0 aliphatic carbocycles. The van der Waals surface area contributed by atoms with Crippen LogP contribution in [0.4, 0.5) is 0 Å². The number of hydrogen-bond acceptors (Lipinski definition) is 6. The van der Waals surface area contributed by atoms with Gasteiger partial charge in [-0.1, -0.05) is 12.1 Å². The van der Waals surface area contributed by atoms with Crippen molar-refractivity contribution < 1.29 is 17.9 Å². The first-order valence-electron chi connectivity index (χ1n) is 6.46. The number of methoxy groups -OCH3 is 1. The molecule has 0 amide bonds. The summed E-state index contributed by atoms with van der Waals surface area (Å²) in [5, 5.41) is 5.48. The van der Waals surface area contributed by atoms with Crippen molar-refractivity contribution in [1.29, 1.82) is 0 Å². The van der Waals surface area contributed by atoms with E-state index in [-0.39, 0.29) is 4.21 Å². The van der Waals surface area contributed by atoms with Crippen molar-refractivity contribution in [3.05, 3.63) is 41.3 Å². The van der Waals surface area contributed by atoms with Gasteiger partial charge in [0.05, 0.1) is 19.9 Å². The van der Waals surface area contributed by atoms with Gasteiger partial charge < -0.3 is 9.47 Å². The minimum absolute atomic E-state index is 0.209. The lowest BCUT2D eigenvalue weighted by molar-refractivity contribution is 0.310. The largest absolute Gasteiger partial charge is 0.493 e. The third kappa shape index (κ3) is 3.77. The summed E-state index contributed by atoms with van der Waals surface area (Å²) in [5.74, 6) is 1.08. The lowest BCUT2D eigenvalue weighted by atomic mass is 10.2. The molecule has 0 atom stereocenters. The van der Waals surface area contributed by atoms with Crippen LogP contribution < -0.4 is 14.3 Å². The number of benzene rings is 1. The molecule has 6 nitrogen and oxygen atoms in total. The number of nitrogens with zero attached hydrogens (tertiary/aromatic N) is 1. The molecule has 2 aromatic rings. The summed E-state index contributed by atoms with van der Waals surface area (Å²) in [6, 6.07) is 8.48. The van der Waals surface area contributed by atoms with Crippen LogP contribution in [0.1, 0.15) is 12.5 Å². The molecule has 0 bridgehead atoms. The topological polar surface area (TPSA) is 77.0 Å². The normalized spacial score (nSPS) is 11.5. The first-order valence-corrected chi connectivity index (χ1v) is 8.83. The fourth-order valence-corrected chi connectivity index (χ4v) is 3.49. The molecular weight excluding hydrogens is 324 g/mol. The number of hydrogen-bond donors (Lipinski definition) is 1. The third-order valence-corrected chi connectivity index (χ3v) is 5.27. The summed E-state index contributed by atoms with van der Waals surface area (Å²) in [5.41, 5.74) is 0.620. The van der Waals surface area contributed by atoms with Crippen LogP contribution in [0.25, 0.3) is 0 Å². The van der Waals surface area contributed by atoms with Crippen molar-refractivity contribution in [3.8, 4) is 11.5 Å². The van der Waals surface area contributed by atoms with Crippen molar-refractivity contribution >= 4 is 27.6 Å². The molecule has 0 aliphatic rings. The summed E-state index contributed by atoms with van der Waals surface area (Å²) >= 11 is 1.12. The fraction of sp³-hybridized carbons (Fsp3) is 0.214. The molecule has 1 aromatic carbocycles. The molecule has 1 heterocycles. The first-order chi connectivity index (χ1) is 10.6. The predicted molar refractivity (Wildman–Crippen MR) is 86.4 cm³/mol. The van der Waals surface area contributed by atoms with E-state index in [4.69, 9.17) is 9.47 Å². The number of para-hydroxylation sites is 1. The van der Waals surface area contributed by atoms with Crippen molar-refractivity contribution in [3.63, 3.8) is 0 Å². The molecular formula is C14H16N2O4S2. The van der Waals surface area contributed by atoms with Crippen molar-refractivity contribution in [2.45, 2.75) is 11.1 Å². The van der Waals surface area contributed by atoms with Gasteiger partial charge in [-0.25, -0.2) is 0 Å². The lowest BCUT2D eigenvalue weighted by Gasteiger charge is -2.11. The Morgan fingerprint density at radius 3 is 2.77 bits per heavy atom. The highest BCUT2D eigenvalue weighted by Crippen LogP contribution is 2.29. The van der Waals surface area contributed by atoms with Crippen LogP contribution in [0, 0.1) is 0 Å². The minimum Gasteiger partial charge on any atom is -0.493 e. The fourth-order valence-electron chi connectivity index (χ4n) is 1.72. The number of sulfonamides is 1. The SMILES string of the molecule is CCOc1c(/C=N/NS(=O)(=O)c2cccs2)cccc1OC. The Balaban J connectivity index is 2.20. The van der Waals surface area contributed by atoms with Crippen LogP contribution in [0.3, 0.4) is 0 Å². The van der Waals surface area contributed by atoms with Gasteiger partial charge in [0.15, 0.2) is 11.5 Å². The molecule has 0 aliphatic heterocycles. The van der Waals surface area contributed by atoms with E-state index in [0.29, 0.717) is 23.7 Å². The van der Waals surface area contributed by atoms with E-state index in [0.717, 1.165) is 11.3 Å². The molecule has 0 unspecified atom stereocenters. The second-order valence-electron chi connectivity index (χ2n) is 4.10. The average Bonchev–Trinajstić information content (AvgIpc) is 3.04. The summed E-state index contributed by atoms with van der Waals surface area (Å²) in [7, 11) is -2.09. The van der Waals surface area contributed by atoms with Crippen LogP contribution in [-0.2, 0) is 10.0 Å². The summed E-state index contributed by atoms with van der Waals surface area (Å²) < 4.78 is 34.8. The van der Waals surface area contributed by atoms with E-state index in [9.17, 15) is 8.42 Å². The highest BCUT2D eigenvalue weighted by atomic mass is 32.2. The van der Waals surface area contributed by atoms with Gasteiger partial charge in [-0.3, -0.25) is 0 Å². The van der Waals surface area contributed by atoms with Gasteiger partial charge in [0.1, 0.15) is 4.21 Å². The number of rotatable bonds is 7. The standard InChI is InChI=1S/C14H16N2O4S2/c1-3-20-14-11(6-4-7-12(14)19-2)10-15-16-22(17,18)13-8-5-9-21-13/h4-10,16H,3H2,1-2H3/b15-10+. The second-order valence-corrected chi connectivity index (χ2v) is 6.93. The number of thiophene rings is 1. The summed E-state index contributed by atoms with van der Waals surface area (Å²) in [6.07, 6.45) is 1.39. The zero-order valence-electron chi connectivity index (χ0n) is 12.1. The Labute approximate surface area is 133 Å². The van der Waals surface area contributed by atoms with E-state index in [2.05, 4.69) is 9.93 Å². The molecule has 118 valence electrons. The van der Waals surface area contributed by atoms with Crippen molar-refractivity contribution in [2.75, 3.05) is 13.7 Å². The molecule has 22 heavy (non-hydrogen) atoms.